The first kappa shape index (κ1) is 27.7. The number of halogens is 4. The summed E-state index contributed by atoms with van der Waals surface area (Å²) in [6, 6.07) is 4.42. The van der Waals surface area contributed by atoms with Crippen LogP contribution in [0.1, 0.15) is 35.7 Å². The van der Waals surface area contributed by atoms with Crippen LogP contribution in [0.2, 0.25) is 0 Å². The molecule has 0 spiro atoms. The van der Waals surface area contributed by atoms with E-state index in [0.29, 0.717) is 18.5 Å². The molecular formula is C23H24F4N4O3S. The van der Waals surface area contributed by atoms with Crippen LogP contribution in [0, 0.1) is 18.2 Å². The Hall–Kier alpha value is -3.59. The second kappa shape index (κ2) is 11.2. The van der Waals surface area contributed by atoms with Gasteiger partial charge in [0, 0.05) is 31.8 Å². The maximum absolute atomic E-state index is 14.4. The number of nitrogens with zero attached hydrogens (tertiary/aromatic N) is 2. The Morgan fingerprint density at radius 1 is 1.29 bits per heavy atom. The molecule has 0 aliphatic rings. The molecule has 0 aliphatic carbocycles. The average Bonchev–Trinajstić information content (AvgIpc) is 2.76. The van der Waals surface area contributed by atoms with Crippen molar-refractivity contribution in [3.63, 3.8) is 0 Å². The summed E-state index contributed by atoms with van der Waals surface area (Å²) < 4.78 is 78.4. The Kier molecular flexibility index (Phi) is 8.87. The van der Waals surface area contributed by atoms with E-state index in [9.17, 15) is 30.8 Å². The molecule has 35 heavy (non-hydrogen) atoms. The molecule has 0 saturated carbocycles. The number of nitrogens with one attached hydrogen (secondary N) is 2. The van der Waals surface area contributed by atoms with Crippen LogP contribution >= 0.6 is 0 Å². The van der Waals surface area contributed by atoms with Crippen LogP contribution in [0.4, 0.5) is 29.1 Å². The van der Waals surface area contributed by atoms with E-state index >= 15 is 0 Å². The van der Waals surface area contributed by atoms with Gasteiger partial charge in [0.1, 0.15) is 17.3 Å². The minimum Gasteiger partial charge on any atom is -0.359 e. The van der Waals surface area contributed by atoms with E-state index in [0.717, 1.165) is 24.5 Å². The second-order valence-electron chi connectivity index (χ2n) is 7.60. The van der Waals surface area contributed by atoms with Gasteiger partial charge in [-0.3, -0.25) is 9.52 Å². The Balaban J connectivity index is 2.20. The lowest BCUT2D eigenvalue weighted by atomic mass is 10.1. The molecular weight excluding hydrogens is 488 g/mol. The summed E-state index contributed by atoms with van der Waals surface area (Å²) in [5.41, 5.74) is -0.882. The van der Waals surface area contributed by atoms with Crippen molar-refractivity contribution in [3.05, 3.63) is 58.5 Å². The number of carbonyl (C=O) groups is 1. The van der Waals surface area contributed by atoms with Crippen molar-refractivity contribution in [3.8, 4) is 12.3 Å². The third kappa shape index (κ3) is 7.99. The molecule has 188 valence electrons. The van der Waals surface area contributed by atoms with Crippen LogP contribution in [0.5, 0.6) is 0 Å². The van der Waals surface area contributed by atoms with Crippen LogP contribution in [0.25, 0.3) is 6.08 Å². The van der Waals surface area contributed by atoms with Crippen LogP contribution in [0.15, 0.2) is 30.3 Å². The Labute approximate surface area is 201 Å². The number of terminal acetylenes is 1. The van der Waals surface area contributed by atoms with Crippen molar-refractivity contribution in [2.24, 2.45) is 0 Å². The first-order chi connectivity index (χ1) is 16.2. The summed E-state index contributed by atoms with van der Waals surface area (Å²) in [6.07, 6.45) is 4.70. The average molecular weight is 513 g/mol. The van der Waals surface area contributed by atoms with Crippen LogP contribution in [-0.4, -0.2) is 39.2 Å². The highest BCUT2D eigenvalue weighted by Crippen LogP contribution is 2.31. The quantitative estimate of drug-likeness (QED) is 0.303. The van der Waals surface area contributed by atoms with Gasteiger partial charge in [-0.25, -0.2) is 17.8 Å². The van der Waals surface area contributed by atoms with Gasteiger partial charge in [-0.15, -0.1) is 6.42 Å². The zero-order valence-corrected chi connectivity index (χ0v) is 20.0. The summed E-state index contributed by atoms with van der Waals surface area (Å²) in [6.45, 7) is 2.18. The highest BCUT2D eigenvalue weighted by Gasteiger charge is 2.33. The van der Waals surface area contributed by atoms with E-state index < -0.39 is 33.6 Å². The van der Waals surface area contributed by atoms with Gasteiger partial charge in [-0.2, -0.15) is 13.2 Å². The fourth-order valence-electron chi connectivity index (χ4n) is 3.08. The van der Waals surface area contributed by atoms with Crippen molar-refractivity contribution in [2.75, 3.05) is 29.5 Å². The highest BCUT2D eigenvalue weighted by molar-refractivity contribution is 7.92. The zero-order valence-electron chi connectivity index (χ0n) is 19.2. The number of amides is 1. The lowest BCUT2D eigenvalue weighted by Gasteiger charge is -2.21. The molecule has 1 amide bonds. The number of hydrogen-bond donors (Lipinski definition) is 2. The van der Waals surface area contributed by atoms with E-state index in [1.165, 1.54) is 18.2 Å². The zero-order chi connectivity index (χ0) is 26.4. The number of rotatable bonds is 9. The Morgan fingerprint density at radius 2 is 1.97 bits per heavy atom. The van der Waals surface area contributed by atoms with Gasteiger partial charge in [0.15, 0.2) is 0 Å². The maximum Gasteiger partial charge on any atom is 0.433 e. The van der Waals surface area contributed by atoms with E-state index in [1.54, 1.807) is 11.9 Å². The molecule has 0 saturated heterocycles. The number of anilines is 2. The van der Waals surface area contributed by atoms with Crippen molar-refractivity contribution < 1.29 is 30.8 Å². The molecule has 0 aliphatic heterocycles. The SMILES string of the molecule is C#Cc1cc(CNC(=O)C=Cc2ccc(C(F)(F)F)nc2N(C)CCC)cc(F)c1NS(C)(=O)=O. The number of pyridine rings is 1. The lowest BCUT2D eigenvalue weighted by molar-refractivity contribution is -0.141. The molecule has 0 radical (unpaired) electrons. The summed E-state index contributed by atoms with van der Waals surface area (Å²) in [7, 11) is -2.16. The topological polar surface area (TPSA) is 91.4 Å². The molecule has 0 atom stereocenters. The predicted molar refractivity (Wildman–Crippen MR) is 126 cm³/mol. The van der Waals surface area contributed by atoms with Crippen LogP contribution < -0.4 is 14.9 Å². The largest absolute Gasteiger partial charge is 0.433 e. The van der Waals surface area contributed by atoms with E-state index in [1.807, 2.05) is 11.6 Å². The molecule has 1 aromatic heterocycles. The van der Waals surface area contributed by atoms with E-state index in [-0.39, 0.29) is 29.2 Å². The van der Waals surface area contributed by atoms with Gasteiger partial charge in [0.05, 0.1) is 17.5 Å². The third-order valence-electron chi connectivity index (χ3n) is 4.59. The van der Waals surface area contributed by atoms with Gasteiger partial charge in [0.25, 0.3) is 0 Å². The molecule has 1 heterocycles. The predicted octanol–water partition coefficient (Wildman–Crippen LogP) is 3.77. The molecule has 0 fully saturated rings. The number of alkyl halides is 3. The molecule has 1 aromatic carbocycles. The van der Waals surface area contributed by atoms with Crippen molar-refractivity contribution >= 4 is 33.5 Å². The van der Waals surface area contributed by atoms with Gasteiger partial charge in [-0.1, -0.05) is 12.8 Å². The Morgan fingerprint density at radius 3 is 2.54 bits per heavy atom. The number of sulfonamides is 1. The molecule has 0 bridgehead atoms. The fourth-order valence-corrected chi connectivity index (χ4v) is 3.65. The summed E-state index contributed by atoms with van der Waals surface area (Å²) in [5, 5.41) is 2.51. The van der Waals surface area contributed by atoms with Crippen LogP contribution in [-0.2, 0) is 27.5 Å². The summed E-state index contributed by atoms with van der Waals surface area (Å²) >= 11 is 0. The lowest BCUT2D eigenvalue weighted by Crippen LogP contribution is -2.22. The highest BCUT2D eigenvalue weighted by atomic mass is 32.2. The second-order valence-corrected chi connectivity index (χ2v) is 9.35. The number of carbonyl (C=O) groups excluding carboxylic acids is 1. The minimum atomic E-state index is -4.61. The van der Waals surface area contributed by atoms with Crippen LogP contribution in [0.3, 0.4) is 0 Å². The normalized spacial score (nSPS) is 11.8. The molecule has 2 N–H and O–H groups in total. The minimum absolute atomic E-state index is 0.0466. The van der Waals surface area contributed by atoms with E-state index in [4.69, 9.17) is 6.42 Å². The van der Waals surface area contributed by atoms with Gasteiger partial charge in [0.2, 0.25) is 15.9 Å². The van der Waals surface area contributed by atoms with Gasteiger partial charge >= 0.3 is 6.18 Å². The van der Waals surface area contributed by atoms with Gasteiger partial charge in [-0.05, 0) is 42.3 Å². The summed E-state index contributed by atoms with van der Waals surface area (Å²) in [4.78, 5) is 17.5. The van der Waals surface area contributed by atoms with E-state index in [2.05, 4.69) is 16.2 Å². The molecule has 2 aromatic rings. The number of benzene rings is 1. The summed E-state index contributed by atoms with van der Waals surface area (Å²) in [5.74, 6) is 0.747. The first-order valence-corrected chi connectivity index (χ1v) is 12.2. The fraction of sp³-hybridized carbons (Fsp3) is 0.304. The Bertz CT molecular complexity index is 1270. The third-order valence-corrected chi connectivity index (χ3v) is 5.17. The monoisotopic (exact) mass is 512 g/mol. The molecule has 2 rings (SSSR count). The van der Waals surface area contributed by atoms with Crippen molar-refractivity contribution in [1.29, 1.82) is 0 Å². The maximum atomic E-state index is 14.4. The van der Waals surface area contributed by atoms with Crippen molar-refractivity contribution in [1.82, 2.24) is 10.3 Å². The molecule has 7 nitrogen and oxygen atoms in total. The molecule has 0 unspecified atom stereocenters. The van der Waals surface area contributed by atoms with Gasteiger partial charge < -0.3 is 10.2 Å². The smallest absolute Gasteiger partial charge is 0.359 e. The first-order valence-electron chi connectivity index (χ1n) is 10.3. The number of aromatic nitrogens is 1. The molecule has 12 heteroatoms. The van der Waals surface area contributed by atoms with Crippen molar-refractivity contribution in [2.45, 2.75) is 26.1 Å². The number of hydrogen-bond acceptors (Lipinski definition) is 5. The standard InChI is InChI=1S/C23H24F4N4O3S/c1-5-11-31(3)22-17(7-9-19(29-22)23(25,26)27)8-10-20(32)28-14-15-12-16(6-2)21(18(24)13-15)30-35(4,33)34/h2,7-10,12-13,30H,5,11,14H2,1,3-4H3,(H,28,32).